The van der Waals surface area contributed by atoms with Crippen LogP contribution in [0.4, 0.5) is 5.69 Å². The first kappa shape index (κ1) is 15.3. The smallest absolute Gasteiger partial charge is 0.0893 e. The summed E-state index contributed by atoms with van der Waals surface area (Å²) in [5.74, 6) is 0. The summed E-state index contributed by atoms with van der Waals surface area (Å²) in [5, 5.41) is 4.81. The van der Waals surface area contributed by atoms with E-state index in [0.29, 0.717) is 0 Å². The molecule has 1 aromatic heterocycles. The third-order valence-electron chi connectivity index (χ3n) is 4.80. The van der Waals surface area contributed by atoms with Crippen molar-refractivity contribution in [3.05, 3.63) is 35.5 Å². The summed E-state index contributed by atoms with van der Waals surface area (Å²) in [6.45, 7) is 6.52. The van der Waals surface area contributed by atoms with Gasteiger partial charge in [0.2, 0.25) is 0 Å². The van der Waals surface area contributed by atoms with Gasteiger partial charge in [0.25, 0.3) is 0 Å². The Morgan fingerprint density at radius 2 is 1.95 bits per heavy atom. The van der Waals surface area contributed by atoms with Gasteiger partial charge in [0.05, 0.1) is 11.1 Å². The number of methoxy groups -OCH3 is 1. The molecule has 1 aliphatic rings. The van der Waals surface area contributed by atoms with Crippen LogP contribution in [0.3, 0.4) is 0 Å². The summed E-state index contributed by atoms with van der Waals surface area (Å²) in [7, 11) is 1.80. The van der Waals surface area contributed by atoms with Crippen LogP contribution in [0, 0.1) is 13.8 Å². The van der Waals surface area contributed by atoms with Gasteiger partial charge in [-0.2, -0.15) is 0 Å². The highest BCUT2D eigenvalue weighted by Gasteiger charge is 2.32. The molecule has 0 saturated carbocycles. The largest absolute Gasteiger partial charge is 0.381 e. The van der Waals surface area contributed by atoms with Crippen LogP contribution in [0.1, 0.15) is 24.1 Å². The number of anilines is 1. The minimum Gasteiger partial charge on any atom is -0.381 e. The van der Waals surface area contributed by atoms with Crippen molar-refractivity contribution in [3.8, 4) is 0 Å². The van der Waals surface area contributed by atoms with Crippen molar-refractivity contribution in [2.45, 2.75) is 32.3 Å². The molecule has 0 spiro atoms. The molecular formula is C18H24N2O2. The summed E-state index contributed by atoms with van der Waals surface area (Å²) < 4.78 is 11.3. The Balaban J connectivity index is 1.91. The van der Waals surface area contributed by atoms with Gasteiger partial charge in [-0.3, -0.25) is 4.98 Å². The number of hydrogen-bond acceptors (Lipinski definition) is 4. The number of aromatic nitrogens is 1. The van der Waals surface area contributed by atoms with Gasteiger partial charge in [0.1, 0.15) is 0 Å². The zero-order chi connectivity index (χ0) is 15.6. The fraction of sp³-hybridized carbons (Fsp3) is 0.500. The fourth-order valence-electron chi connectivity index (χ4n) is 3.10. The maximum atomic E-state index is 5.82. The molecule has 1 saturated heterocycles. The maximum Gasteiger partial charge on any atom is 0.0893 e. The highest BCUT2D eigenvalue weighted by molar-refractivity contribution is 5.93. The van der Waals surface area contributed by atoms with Crippen LogP contribution in [-0.2, 0) is 9.47 Å². The van der Waals surface area contributed by atoms with E-state index in [4.69, 9.17) is 9.47 Å². The lowest BCUT2D eigenvalue weighted by Crippen LogP contribution is -2.44. The van der Waals surface area contributed by atoms with Gasteiger partial charge < -0.3 is 14.8 Å². The first-order valence-electron chi connectivity index (χ1n) is 7.88. The van der Waals surface area contributed by atoms with Crippen LogP contribution in [0.15, 0.2) is 24.3 Å². The quantitative estimate of drug-likeness (QED) is 0.939. The number of fused-ring (bicyclic) bond motifs is 1. The number of aryl methyl sites for hydroxylation is 1. The van der Waals surface area contributed by atoms with E-state index in [-0.39, 0.29) is 5.60 Å². The van der Waals surface area contributed by atoms with Crippen LogP contribution < -0.4 is 5.32 Å². The predicted octanol–water partition coefficient (Wildman–Crippen LogP) is 3.46. The maximum absolute atomic E-state index is 5.82. The zero-order valence-corrected chi connectivity index (χ0v) is 13.6. The molecule has 118 valence electrons. The van der Waals surface area contributed by atoms with Crippen LogP contribution >= 0.6 is 0 Å². The van der Waals surface area contributed by atoms with Crippen molar-refractivity contribution in [2.75, 3.05) is 32.2 Å². The summed E-state index contributed by atoms with van der Waals surface area (Å²) >= 11 is 0. The van der Waals surface area contributed by atoms with E-state index < -0.39 is 0 Å². The Morgan fingerprint density at radius 1 is 1.23 bits per heavy atom. The van der Waals surface area contributed by atoms with E-state index in [0.717, 1.165) is 43.8 Å². The number of pyridine rings is 1. The average Bonchev–Trinajstić information content (AvgIpc) is 2.56. The van der Waals surface area contributed by atoms with E-state index >= 15 is 0 Å². The van der Waals surface area contributed by atoms with Crippen molar-refractivity contribution in [3.63, 3.8) is 0 Å². The van der Waals surface area contributed by atoms with Crippen molar-refractivity contribution < 1.29 is 9.47 Å². The highest BCUT2D eigenvalue weighted by Crippen LogP contribution is 2.30. The van der Waals surface area contributed by atoms with E-state index in [1.54, 1.807) is 7.11 Å². The first-order chi connectivity index (χ1) is 10.7. The number of para-hydroxylation sites is 1. The second-order valence-corrected chi connectivity index (χ2v) is 6.07. The molecule has 0 bridgehead atoms. The number of hydrogen-bond donors (Lipinski definition) is 1. The summed E-state index contributed by atoms with van der Waals surface area (Å²) in [5.41, 5.74) is 4.34. The second kappa shape index (κ2) is 6.23. The molecule has 1 aliphatic heterocycles. The number of rotatable bonds is 4. The van der Waals surface area contributed by atoms with Crippen LogP contribution in [0.5, 0.6) is 0 Å². The molecular weight excluding hydrogens is 276 g/mol. The monoisotopic (exact) mass is 300 g/mol. The van der Waals surface area contributed by atoms with Gasteiger partial charge in [-0.15, -0.1) is 0 Å². The fourth-order valence-corrected chi connectivity index (χ4v) is 3.10. The van der Waals surface area contributed by atoms with E-state index in [1.807, 2.05) is 6.07 Å². The molecule has 1 aromatic carbocycles. The van der Waals surface area contributed by atoms with E-state index in [1.165, 1.54) is 16.6 Å². The number of benzene rings is 1. The Bertz CT molecular complexity index is 663. The van der Waals surface area contributed by atoms with Crippen molar-refractivity contribution in [2.24, 2.45) is 0 Å². The second-order valence-electron chi connectivity index (χ2n) is 6.07. The lowest BCUT2D eigenvalue weighted by atomic mass is 9.93. The number of ether oxygens (including phenoxy) is 2. The lowest BCUT2D eigenvalue weighted by molar-refractivity contribution is -0.0807. The van der Waals surface area contributed by atoms with Gasteiger partial charge >= 0.3 is 0 Å². The van der Waals surface area contributed by atoms with Gasteiger partial charge in [-0.1, -0.05) is 18.2 Å². The zero-order valence-electron chi connectivity index (χ0n) is 13.6. The average molecular weight is 300 g/mol. The molecule has 0 unspecified atom stereocenters. The minimum atomic E-state index is -0.136. The van der Waals surface area contributed by atoms with Crippen LogP contribution in [0.2, 0.25) is 0 Å². The molecule has 4 nitrogen and oxygen atoms in total. The Morgan fingerprint density at radius 3 is 2.68 bits per heavy atom. The molecule has 3 rings (SSSR count). The SMILES string of the molecule is COC1(CNc2c(C)c(C)nc3ccccc23)CCOCC1. The van der Waals surface area contributed by atoms with Crippen molar-refractivity contribution in [1.29, 1.82) is 0 Å². The third-order valence-corrected chi connectivity index (χ3v) is 4.80. The van der Waals surface area contributed by atoms with Crippen LogP contribution in [0.25, 0.3) is 10.9 Å². The predicted molar refractivity (Wildman–Crippen MR) is 89.5 cm³/mol. The Hall–Kier alpha value is -1.65. The van der Waals surface area contributed by atoms with Crippen LogP contribution in [-0.4, -0.2) is 37.5 Å². The molecule has 4 heteroatoms. The summed E-state index contributed by atoms with van der Waals surface area (Å²) in [6, 6.07) is 8.28. The number of nitrogens with zero attached hydrogens (tertiary/aromatic N) is 1. The molecule has 1 N–H and O–H groups in total. The highest BCUT2D eigenvalue weighted by atomic mass is 16.5. The van der Waals surface area contributed by atoms with Gasteiger partial charge in [0, 0.05) is 56.5 Å². The molecule has 0 radical (unpaired) electrons. The topological polar surface area (TPSA) is 43.4 Å². The van der Waals surface area contributed by atoms with E-state index in [9.17, 15) is 0 Å². The van der Waals surface area contributed by atoms with Gasteiger partial charge in [-0.05, 0) is 25.5 Å². The molecule has 1 fully saturated rings. The summed E-state index contributed by atoms with van der Waals surface area (Å²) in [4.78, 5) is 4.68. The normalized spacial score (nSPS) is 17.6. The molecule has 0 aliphatic carbocycles. The first-order valence-corrected chi connectivity index (χ1v) is 7.88. The standard InChI is InChI=1S/C18H24N2O2/c1-13-14(2)20-16-7-5-4-6-15(16)17(13)19-12-18(21-3)8-10-22-11-9-18/h4-7H,8-12H2,1-3H3,(H,19,20). The molecule has 2 aromatic rings. The Kier molecular flexibility index (Phi) is 4.32. The van der Waals surface area contributed by atoms with Crippen molar-refractivity contribution >= 4 is 16.6 Å². The van der Waals surface area contributed by atoms with Gasteiger partial charge in [0.15, 0.2) is 0 Å². The molecule has 22 heavy (non-hydrogen) atoms. The minimum absolute atomic E-state index is 0.136. The molecule has 0 amide bonds. The Labute approximate surface area is 131 Å². The lowest BCUT2D eigenvalue weighted by Gasteiger charge is -2.36. The third kappa shape index (κ3) is 2.81. The van der Waals surface area contributed by atoms with Gasteiger partial charge in [-0.25, -0.2) is 0 Å². The molecule has 0 atom stereocenters. The van der Waals surface area contributed by atoms with Crippen molar-refractivity contribution in [1.82, 2.24) is 4.98 Å². The number of nitrogens with one attached hydrogen (secondary N) is 1. The van der Waals surface area contributed by atoms with E-state index in [2.05, 4.69) is 42.3 Å². The molecule has 2 heterocycles. The summed E-state index contributed by atoms with van der Waals surface area (Å²) in [6.07, 6.45) is 1.86.